The van der Waals surface area contributed by atoms with Gasteiger partial charge in [-0.1, -0.05) is 39.3 Å². The molecule has 4 fully saturated rings. The Morgan fingerprint density at radius 1 is 0.968 bits per heavy atom. The lowest BCUT2D eigenvalue weighted by Gasteiger charge is -2.65. The highest BCUT2D eigenvalue weighted by Gasteiger charge is 2.63. The minimum Gasteiger partial charge on any atom is -0.481 e. The summed E-state index contributed by atoms with van der Waals surface area (Å²) >= 11 is 0. The highest BCUT2D eigenvalue weighted by molar-refractivity contribution is 5.76. The molecule has 4 N–H and O–H groups in total. The van der Waals surface area contributed by atoms with Crippen molar-refractivity contribution in [2.75, 3.05) is 0 Å². The Hall–Kier alpha value is -0.870. The summed E-state index contributed by atoms with van der Waals surface area (Å²) in [7, 11) is 0. The largest absolute Gasteiger partial charge is 0.481 e. The van der Waals surface area contributed by atoms with Gasteiger partial charge in [0.1, 0.15) is 0 Å². The topological polar surface area (TPSA) is 89.0 Å². The normalized spacial score (nSPS) is 50.5. The van der Waals surface area contributed by atoms with Crippen molar-refractivity contribution in [1.82, 2.24) is 0 Å². The zero-order valence-electron chi connectivity index (χ0n) is 20.0. The van der Waals surface area contributed by atoms with Gasteiger partial charge < -0.3 is 15.7 Å². The Morgan fingerprint density at radius 2 is 1.68 bits per heavy atom. The van der Waals surface area contributed by atoms with Crippen LogP contribution in [0.1, 0.15) is 101 Å². The third-order valence-electron chi connectivity index (χ3n) is 11.3. The number of aliphatic carboxylic acids is 1. The van der Waals surface area contributed by atoms with E-state index >= 15 is 0 Å². The number of allylic oxidation sites excluding steroid dienone is 2. The summed E-state index contributed by atoms with van der Waals surface area (Å²) in [4.78, 5) is 12.6. The van der Waals surface area contributed by atoms with Crippen LogP contribution < -0.4 is 0 Å². The summed E-state index contributed by atoms with van der Waals surface area (Å²) in [6, 6.07) is 0. The molecule has 5 rings (SSSR count). The zero-order valence-corrected chi connectivity index (χ0v) is 20.0. The van der Waals surface area contributed by atoms with Gasteiger partial charge in [-0.15, -0.1) is 0 Å². The first-order chi connectivity index (χ1) is 14.0. The molecule has 0 heterocycles. The molecule has 3 unspecified atom stereocenters. The van der Waals surface area contributed by atoms with Crippen molar-refractivity contribution in [2.24, 2.45) is 45.3 Å². The third-order valence-corrected chi connectivity index (χ3v) is 11.3. The summed E-state index contributed by atoms with van der Waals surface area (Å²) in [6.07, 6.45) is 14.0. The van der Waals surface area contributed by atoms with Crippen LogP contribution in [-0.4, -0.2) is 27.8 Å². The highest BCUT2D eigenvalue weighted by atomic mass is 16.4. The number of rotatable bonds is 1. The van der Waals surface area contributed by atoms with E-state index in [9.17, 15) is 15.0 Å². The van der Waals surface area contributed by atoms with E-state index in [0.717, 1.165) is 57.8 Å². The van der Waals surface area contributed by atoms with Crippen LogP contribution in [0, 0.1) is 45.3 Å². The lowest BCUT2D eigenvalue weighted by Crippen LogP contribution is -2.59. The number of hydrogen-bond acceptors (Lipinski definition) is 2. The first-order valence-corrected chi connectivity index (χ1v) is 12.6. The van der Waals surface area contributed by atoms with Crippen LogP contribution >= 0.6 is 0 Å². The second-order valence-corrected chi connectivity index (χ2v) is 13.1. The lowest BCUT2D eigenvalue weighted by atomic mass is 9.39. The van der Waals surface area contributed by atoms with Gasteiger partial charge >= 0.3 is 5.97 Å². The Kier molecular flexibility index (Phi) is 5.50. The van der Waals surface area contributed by atoms with Crippen LogP contribution in [0.3, 0.4) is 0 Å². The van der Waals surface area contributed by atoms with Gasteiger partial charge in [-0.2, -0.15) is 0 Å². The van der Waals surface area contributed by atoms with Crippen LogP contribution in [0.4, 0.5) is 0 Å². The molecule has 4 saturated carbocycles. The van der Waals surface area contributed by atoms with Crippen LogP contribution in [0.25, 0.3) is 0 Å². The Morgan fingerprint density at radius 3 is 2.39 bits per heavy atom. The van der Waals surface area contributed by atoms with Crippen molar-refractivity contribution in [3.05, 3.63) is 11.6 Å². The highest BCUT2D eigenvalue weighted by Crippen LogP contribution is 2.70. The van der Waals surface area contributed by atoms with E-state index in [4.69, 9.17) is 0 Å². The van der Waals surface area contributed by atoms with E-state index < -0.39 is 11.4 Å². The van der Waals surface area contributed by atoms with Gasteiger partial charge in [0.15, 0.2) is 0 Å². The number of fused-ring (bicyclic) bond motifs is 7. The molecular weight excluding hydrogens is 388 g/mol. The van der Waals surface area contributed by atoms with Gasteiger partial charge in [-0.3, -0.25) is 4.79 Å². The van der Waals surface area contributed by atoms with E-state index in [0.29, 0.717) is 28.6 Å². The molecule has 4 heteroatoms. The fourth-order valence-electron chi connectivity index (χ4n) is 9.42. The lowest BCUT2D eigenvalue weighted by molar-refractivity contribution is -0.165. The maximum absolute atomic E-state index is 12.6. The molecule has 0 saturated heterocycles. The minimum absolute atomic E-state index is 0. The molecule has 31 heavy (non-hydrogen) atoms. The van der Waals surface area contributed by atoms with E-state index in [1.807, 2.05) is 0 Å². The molecule has 0 aromatic rings. The van der Waals surface area contributed by atoms with E-state index in [2.05, 4.69) is 33.8 Å². The third kappa shape index (κ3) is 3.18. The average Bonchev–Trinajstić information content (AvgIpc) is 2.67. The standard InChI is InChI=1S/C27H42O3.H2O.2H2/c1-24(2)13-14-27(23(29)30)12-9-20-19(21(27)16-24)5-6-22-25(3)11-8-18(28)15-17(25)7-10-26(20,22)4;;;/h5,17-18,20-22,28H,6-16H2,1-4H3,(H,29,30);1H2;2*1H/t17?,18-,20?,21-,22?,25-,26-,27+;;;/m0.../s1. The summed E-state index contributed by atoms with van der Waals surface area (Å²) in [5.74, 6) is 1.59. The smallest absolute Gasteiger partial charge is 0.310 e. The van der Waals surface area contributed by atoms with E-state index in [1.54, 1.807) is 0 Å². The molecule has 0 aromatic heterocycles. The number of hydrogen-bond donors (Lipinski definition) is 2. The van der Waals surface area contributed by atoms with Gasteiger partial charge in [0.25, 0.3) is 0 Å². The van der Waals surface area contributed by atoms with E-state index in [-0.39, 0.29) is 25.8 Å². The molecule has 5 aliphatic rings. The Balaban J connectivity index is 0.00000128. The number of aliphatic hydroxyl groups excluding tert-OH is 1. The second-order valence-electron chi connectivity index (χ2n) is 13.1. The number of carboxylic acids is 1. The number of carbonyl (C=O) groups is 1. The summed E-state index contributed by atoms with van der Waals surface area (Å²) in [5, 5.41) is 20.7. The number of aliphatic hydroxyl groups is 1. The Labute approximate surface area is 191 Å². The van der Waals surface area contributed by atoms with Gasteiger partial charge in [-0.05, 0) is 111 Å². The summed E-state index contributed by atoms with van der Waals surface area (Å²) < 4.78 is 0. The maximum atomic E-state index is 12.6. The van der Waals surface area contributed by atoms with Crippen molar-refractivity contribution in [3.8, 4) is 0 Å². The quantitative estimate of drug-likeness (QED) is 0.503. The molecule has 0 aromatic carbocycles. The molecule has 0 aliphatic heterocycles. The van der Waals surface area contributed by atoms with Crippen molar-refractivity contribution in [2.45, 2.75) is 104 Å². The maximum Gasteiger partial charge on any atom is 0.310 e. The van der Waals surface area contributed by atoms with Crippen LogP contribution in [0.2, 0.25) is 0 Å². The first kappa shape index (κ1) is 23.3. The Bertz CT molecular complexity index is 782. The van der Waals surface area contributed by atoms with Crippen molar-refractivity contribution in [3.63, 3.8) is 0 Å². The van der Waals surface area contributed by atoms with Crippen LogP contribution in [-0.2, 0) is 4.79 Å². The second kappa shape index (κ2) is 7.32. The predicted octanol–water partition coefficient (Wildman–Crippen LogP) is 5.87. The van der Waals surface area contributed by atoms with Gasteiger partial charge in [-0.25, -0.2) is 0 Å². The predicted molar refractivity (Wildman–Crippen MR) is 127 cm³/mol. The monoisotopic (exact) mass is 436 g/mol. The molecule has 0 amide bonds. The molecule has 0 bridgehead atoms. The number of carboxylic acid groups (broad SMARTS) is 1. The van der Waals surface area contributed by atoms with Gasteiger partial charge in [0.2, 0.25) is 0 Å². The van der Waals surface area contributed by atoms with E-state index in [1.165, 1.54) is 18.4 Å². The molecule has 8 atom stereocenters. The van der Waals surface area contributed by atoms with Crippen molar-refractivity contribution >= 4 is 5.97 Å². The fraction of sp³-hybridized carbons (Fsp3) is 0.889. The minimum atomic E-state index is -0.536. The molecule has 5 aliphatic carbocycles. The summed E-state index contributed by atoms with van der Waals surface area (Å²) in [6.45, 7) is 9.77. The van der Waals surface area contributed by atoms with Gasteiger partial charge in [0.05, 0.1) is 11.5 Å². The van der Waals surface area contributed by atoms with Crippen LogP contribution in [0.5, 0.6) is 0 Å². The molecule has 0 spiro atoms. The van der Waals surface area contributed by atoms with Crippen LogP contribution in [0.15, 0.2) is 11.6 Å². The van der Waals surface area contributed by atoms with Crippen molar-refractivity contribution < 1.29 is 23.3 Å². The molecule has 180 valence electrons. The first-order valence-electron chi connectivity index (χ1n) is 12.6. The fourth-order valence-corrected chi connectivity index (χ4v) is 9.42. The average molecular weight is 437 g/mol. The molecular formula is C27H48O4. The van der Waals surface area contributed by atoms with Crippen molar-refractivity contribution in [1.29, 1.82) is 0 Å². The zero-order chi connectivity index (χ0) is 21.5. The van der Waals surface area contributed by atoms with Gasteiger partial charge in [0, 0.05) is 2.85 Å². The SMILES string of the molecule is CC1(C)CC[C@]2(C(=O)O)CCC3C(=CCC4[C@@]5(C)CC[C@H](O)CC5CC[C@@]34C)[C@@H]2C1.O.[HH].[HH]. The summed E-state index contributed by atoms with van der Waals surface area (Å²) in [5.41, 5.74) is 1.89. The molecule has 0 radical (unpaired) electrons. The molecule has 4 nitrogen and oxygen atoms in total.